The largest absolute Gasteiger partial charge is 0.241 e. The van der Waals surface area contributed by atoms with Crippen LogP contribution in [0.3, 0.4) is 0 Å². The minimum atomic E-state index is -0.713. The zero-order chi connectivity index (χ0) is 24.7. The fraction of sp³-hybridized carbons (Fsp3) is 0.273. The van der Waals surface area contributed by atoms with Gasteiger partial charge in [-0.3, -0.25) is 0 Å². The Balaban J connectivity index is 1.77. The minimum absolute atomic E-state index is 0.553. The summed E-state index contributed by atoms with van der Waals surface area (Å²) >= 11 is 0. The highest BCUT2D eigenvalue weighted by Gasteiger charge is 2.41. The van der Waals surface area contributed by atoms with Crippen molar-refractivity contribution in [2.45, 2.75) is 45.6 Å². The Hall–Kier alpha value is -2.30. The Morgan fingerprint density at radius 1 is 0.528 bits per heavy atom. The van der Waals surface area contributed by atoms with Gasteiger partial charge in [0.25, 0.3) is 0 Å². The predicted octanol–water partition coefficient (Wildman–Crippen LogP) is 7.60. The van der Waals surface area contributed by atoms with Crippen molar-refractivity contribution in [1.29, 1.82) is 0 Å². The van der Waals surface area contributed by atoms with Gasteiger partial charge in [-0.15, -0.1) is 0 Å². The Bertz CT molecular complexity index is 1020. The zero-order valence-corrected chi connectivity index (χ0v) is 23.2. The van der Waals surface area contributed by atoms with E-state index in [4.69, 9.17) is 0 Å². The quantitative estimate of drug-likeness (QED) is 0.221. The monoisotopic (exact) mass is 509 g/mol. The summed E-state index contributed by atoms with van der Waals surface area (Å²) in [5.41, 5.74) is 0. The van der Waals surface area contributed by atoms with E-state index in [-0.39, 0.29) is 0 Å². The molecule has 5 rings (SSSR count). The van der Waals surface area contributed by atoms with Crippen molar-refractivity contribution >= 4 is 37.4 Å². The van der Waals surface area contributed by atoms with Gasteiger partial charge in [-0.1, -0.05) is 148 Å². The third-order valence-corrected chi connectivity index (χ3v) is 13.0. The smallest absolute Gasteiger partial charge is 0.0325 e. The lowest BCUT2D eigenvalue weighted by atomic mass is 9.78. The highest BCUT2D eigenvalue weighted by molar-refractivity contribution is 7.84. The summed E-state index contributed by atoms with van der Waals surface area (Å²) < 4.78 is 3.03. The van der Waals surface area contributed by atoms with E-state index in [1.54, 1.807) is 0 Å². The third kappa shape index (κ3) is 5.65. The molecule has 1 saturated carbocycles. The number of benzene rings is 4. The maximum atomic E-state index is 3.03. The number of nitrogens with zero attached hydrogens (tertiary/aromatic N) is 1. The molecule has 0 aromatic heterocycles. The van der Waals surface area contributed by atoms with Gasteiger partial charge in [0.2, 0.25) is 0 Å². The Morgan fingerprint density at radius 3 is 1.19 bits per heavy atom. The fourth-order valence-electron chi connectivity index (χ4n) is 5.64. The molecule has 2 atom stereocenters. The van der Waals surface area contributed by atoms with Gasteiger partial charge in [0.15, 0.2) is 0 Å². The van der Waals surface area contributed by atoms with E-state index >= 15 is 0 Å². The van der Waals surface area contributed by atoms with E-state index in [9.17, 15) is 0 Å². The normalized spacial score (nSPS) is 18.3. The van der Waals surface area contributed by atoms with Gasteiger partial charge in [0, 0.05) is 22.2 Å². The second kappa shape index (κ2) is 12.3. The molecule has 3 heteroatoms. The number of rotatable bonds is 8. The summed E-state index contributed by atoms with van der Waals surface area (Å²) in [5, 5.41) is 5.80. The summed E-state index contributed by atoms with van der Waals surface area (Å²) in [7, 11) is -1.43. The summed E-state index contributed by atoms with van der Waals surface area (Å²) in [4.78, 5) is 0. The molecule has 0 saturated heterocycles. The van der Waals surface area contributed by atoms with Crippen LogP contribution < -0.4 is 21.2 Å². The summed E-state index contributed by atoms with van der Waals surface area (Å²) in [6.07, 6.45) is 5.29. The second-order valence-electron chi connectivity index (χ2n) is 10.0. The van der Waals surface area contributed by atoms with Crippen molar-refractivity contribution in [3.63, 3.8) is 0 Å². The van der Waals surface area contributed by atoms with E-state index < -0.39 is 16.1 Å². The minimum Gasteiger partial charge on any atom is -0.241 e. The van der Waals surface area contributed by atoms with Crippen LogP contribution in [0.25, 0.3) is 0 Å². The van der Waals surface area contributed by atoms with Gasteiger partial charge >= 0.3 is 0 Å². The predicted molar refractivity (Wildman–Crippen MR) is 161 cm³/mol. The average Bonchev–Trinajstić information content (AvgIpc) is 2.95. The molecule has 184 valence electrons. The maximum Gasteiger partial charge on any atom is 0.0325 e. The van der Waals surface area contributed by atoms with Crippen LogP contribution in [0.2, 0.25) is 0 Å². The van der Waals surface area contributed by atoms with Crippen molar-refractivity contribution in [2.75, 3.05) is 0 Å². The standard InChI is InChI=1S/C33H37NP2/c1-27(2)32-25-15-16-26-33(32)34(35(28-17-7-3-8-18-28)29-19-9-4-10-20-29)36(30-21-11-5-12-22-30)31-23-13-6-14-24-31/h3-14,17-24,27,32-33H,15-16,25-26H2,1-2H3. The molecule has 0 bridgehead atoms. The van der Waals surface area contributed by atoms with E-state index in [1.165, 1.54) is 46.9 Å². The van der Waals surface area contributed by atoms with Crippen LogP contribution in [0.1, 0.15) is 39.5 Å². The van der Waals surface area contributed by atoms with Crippen LogP contribution >= 0.6 is 16.1 Å². The molecule has 36 heavy (non-hydrogen) atoms. The Morgan fingerprint density at radius 2 is 0.861 bits per heavy atom. The molecule has 1 nitrogen and oxygen atoms in total. The van der Waals surface area contributed by atoms with Crippen molar-refractivity contribution in [2.24, 2.45) is 11.8 Å². The molecule has 0 heterocycles. The highest BCUT2D eigenvalue weighted by Crippen LogP contribution is 2.59. The molecule has 4 aromatic rings. The van der Waals surface area contributed by atoms with Gasteiger partial charge in [-0.05, 0) is 45.9 Å². The highest BCUT2D eigenvalue weighted by atomic mass is 31.2. The van der Waals surface area contributed by atoms with Gasteiger partial charge < -0.3 is 0 Å². The SMILES string of the molecule is CC(C)C1CCCCC1N(P(c1ccccc1)c1ccccc1)P(c1ccccc1)c1ccccc1. The lowest BCUT2D eigenvalue weighted by molar-refractivity contribution is 0.191. The van der Waals surface area contributed by atoms with Crippen LogP contribution in [0, 0.1) is 11.8 Å². The Labute approximate surface area is 220 Å². The molecule has 4 aromatic carbocycles. The topological polar surface area (TPSA) is 3.24 Å². The van der Waals surface area contributed by atoms with Gasteiger partial charge in [-0.2, -0.15) is 0 Å². The molecule has 0 radical (unpaired) electrons. The Kier molecular flexibility index (Phi) is 8.66. The van der Waals surface area contributed by atoms with Crippen LogP contribution in [0.4, 0.5) is 0 Å². The first kappa shape index (κ1) is 25.4. The molecule has 0 N–H and O–H groups in total. The molecule has 0 aliphatic heterocycles. The number of hydrogen-bond donors (Lipinski definition) is 0. The zero-order valence-electron chi connectivity index (χ0n) is 21.4. The van der Waals surface area contributed by atoms with E-state index in [2.05, 4.69) is 140 Å². The lowest BCUT2D eigenvalue weighted by Crippen LogP contribution is -2.45. The van der Waals surface area contributed by atoms with Gasteiger partial charge in [0.1, 0.15) is 0 Å². The molecule has 0 amide bonds. The molecule has 1 fully saturated rings. The fourth-order valence-corrected chi connectivity index (χ4v) is 12.1. The average molecular weight is 510 g/mol. The molecular weight excluding hydrogens is 472 g/mol. The molecular formula is C33H37NP2. The van der Waals surface area contributed by atoms with Crippen LogP contribution in [-0.2, 0) is 0 Å². The first-order valence-corrected chi connectivity index (χ1v) is 15.9. The number of hydrogen-bond acceptors (Lipinski definition) is 1. The summed E-state index contributed by atoms with van der Waals surface area (Å²) in [6.45, 7) is 4.89. The molecule has 2 unspecified atom stereocenters. The third-order valence-electron chi connectivity index (χ3n) is 7.35. The summed E-state index contributed by atoms with van der Waals surface area (Å²) in [5.74, 6) is 1.37. The van der Waals surface area contributed by atoms with Crippen molar-refractivity contribution < 1.29 is 0 Å². The van der Waals surface area contributed by atoms with Crippen molar-refractivity contribution in [1.82, 2.24) is 4.44 Å². The maximum absolute atomic E-state index is 3.03. The van der Waals surface area contributed by atoms with Gasteiger partial charge in [-0.25, -0.2) is 4.44 Å². The van der Waals surface area contributed by atoms with Gasteiger partial charge in [0.05, 0.1) is 0 Å². The first-order chi connectivity index (χ1) is 17.7. The van der Waals surface area contributed by atoms with E-state index in [1.807, 2.05) is 0 Å². The first-order valence-electron chi connectivity index (χ1n) is 13.3. The molecule has 1 aliphatic carbocycles. The van der Waals surface area contributed by atoms with Crippen molar-refractivity contribution in [3.05, 3.63) is 121 Å². The molecule has 1 aliphatic rings. The second-order valence-corrected chi connectivity index (χ2v) is 14.5. The van der Waals surface area contributed by atoms with E-state index in [0.717, 1.165) is 0 Å². The van der Waals surface area contributed by atoms with E-state index in [0.29, 0.717) is 17.9 Å². The van der Waals surface area contributed by atoms with Crippen LogP contribution in [-0.4, -0.2) is 10.5 Å². The van der Waals surface area contributed by atoms with Crippen LogP contribution in [0.5, 0.6) is 0 Å². The lowest BCUT2D eigenvalue weighted by Gasteiger charge is -2.49. The van der Waals surface area contributed by atoms with Crippen LogP contribution in [0.15, 0.2) is 121 Å². The van der Waals surface area contributed by atoms with Crippen molar-refractivity contribution in [3.8, 4) is 0 Å². The molecule has 0 spiro atoms. The summed E-state index contributed by atoms with van der Waals surface area (Å²) in [6, 6.07) is 45.9.